The first-order valence-electron chi connectivity index (χ1n) is 11.2. The van der Waals surface area contributed by atoms with Gasteiger partial charge < -0.3 is 4.74 Å². The van der Waals surface area contributed by atoms with Crippen LogP contribution in [0, 0.1) is 11.3 Å². The van der Waals surface area contributed by atoms with Crippen molar-refractivity contribution in [2.24, 2.45) is 0 Å². The first kappa shape index (κ1) is 24.1. The molecule has 0 aliphatic heterocycles. The lowest BCUT2D eigenvalue weighted by atomic mass is 9.89. The Morgan fingerprint density at radius 1 is 1.11 bits per heavy atom. The minimum Gasteiger partial charge on any atom is -0.454 e. The monoisotopic (exact) mass is 482 g/mol. The molecule has 6 heteroatoms. The zero-order chi connectivity index (χ0) is 24.9. The predicted octanol–water partition coefficient (Wildman–Crippen LogP) is 7.26. The van der Waals surface area contributed by atoms with Gasteiger partial charge in [0.15, 0.2) is 11.6 Å². The van der Waals surface area contributed by atoms with Gasteiger partial charge in [-0.3, -0.25) is 14.6 Å². The van der Waals surface area contributed by atoms with Gasteiger partial charge in [-0.15, -0.1) is 0 Å². The number of nitrogens with zero attached hydrogens (tertiary/aromatic N) is 2. The van der Waals surface area contributed by atoms with E-state index in [0.29, 0.717) is 41.0 Å². The van der Waals surface area contributed by atoms with Crippen LogP contribution in [0.15, 0.2) is 83.7 Å². The molecule has 0 unspecified atom stereocenters. The zero-order valence-corrected chi connectivity index (χ0v) is 20.2. The molecular weight excluding hydrogens is 460 g/mol. The molecule has 0 saturated heterocycles. The standard InChI is InChI=1S/C29H23ClN2O3/c1-18-14-19(2)22(27(34)15-18)7-8-26(33)21-6-9-29(25(30)16-21)35-28-5-3-4-23(24(28)17-31)20-10-12-32-13-11-20/h3-6,9-14,16H,7-8,15H2,1-2H3. The number of aromatic nitrogens is 1. The molecule has 174 valence electrons. The van der Waals surface area contributed by atoms with Crippen LogP contribution >= 0.6 is 11.6 Å². The van der Waals surface area contributed by atoms with Crippen molar-refractivity contribution in [1.29, 1.82) is 5.26 Å². The summed E-state index contributed by atoms with van der Waals surface area (Å²) in [5.74, 6) is 0.687. The second kappa shape index (κ2) is 10.5. The third-order valence-corrected chi connectivity index (χ3v) is 6.22. The summed E-state index contributed by atoms with van der Waals surface area (Å²) in [7, 11) is 0. The van der Waals surface area contributed by atoms with Crippen LogP contribution < -0.4 is 4.74 Å². The Bertz CT molecular complexity index is 1420. The van der Waals surface area contributed by atoms with Crippen LogP contribution in [0.1, 0.15) is 49.0 Å². The van der Waals surface area contributed by atoms with Gasteiger partial charge in [-0.2, -0.15) is 5.26 Å². The van der Waals surface area contributed by atoms with Gasteiger partial charge in [0.25, 0.3) is 0 Å². The average Bonchev–Trinajstić information content (AvgIpc) is 2.84. The minimum absolute atomic E-state index is 0.0828. The number of nitriles is 1. The SMILES string of the molecule is CC1=CC(C)=C(CCC(=O)c2ccc(Oc3cccc(-c4ccncc4)c3C#N)c(Cl)c2)C(=O)C1. The minimum atomic E-state index is -0.102. The van der Waals surface area contributed by atoms with E-state index in [1.165, 1.54) is 0 Å². The summed E-state index contributed by atoms with van der Waals surface area (Å²) >= 11 is 6.45. The highest BCUT2D eigenvalue weighted by molar-refractivity contribution is 6.32. The van der Waals surface area contributed by atoms with E-state index in [1.807, 2.05) is 38.1 Å². The van der Waals surface area contributed by atoms with Gasteiger partial charge in [0.2, 0.25) is 0 Å². The summed E-state index contributed by atoms with van der Waals surface area (Å²) in [6.45, 7) is 3.84. The summed E-state index contributed by atoms with van der Waals surface area (Å²) in [5.41, 5.74) is 5.07. The van der Waals surface area contributed by atoms with Crippen LogP contribution in [-0.4, -0.2) is 16.6 Å². The molecule has 1 aliphatic carbocycles. The largest absolute Gasteiger partial charge is 0.454 e. The molecule has 2 aromatic carbocycles. The fraction of sp³-hybridized carbons (Fsp3) is 0.172. The molecule has 0 atom stereocenters. The van der Waals surface area contributed by atoms with E-state index in [-0.39, 0.29) is 23.0 Å². The Kier molecular flexibility index (Phi) is 7.24. The second-order valence-corrected chi connectivity index (χ2v) is 8.86. The van der Waals surface area contributed by atoms with E-state index < -0.39 is 0 Å². The van der Waals surface area contributed by atoms with Crippen molar-refractivity contribution in [2.45, 2.75) is 33.1 Å². The predicted molar refractivity (Wildman–Crippen MR) is 136 cm³/mol. The highest BCUT2D eigenvalue weighted by Crippen LogP contribution is 2.36. The number of carbonyl (C=O) groups is 2. The maximum Gasteiger partial charge on any atom is 0.163 e. The molecule has 1 aromatic heterocycles. The molecule has 1 heterocycles. The first-order valence-corrected chi connectivity index (χ1v) is 11.6. The molecule has 35 heavy (non-hydrogen) atoms. The molecule has 0 N–H and O–H groups in total. The number of Topliss-reactive ketones (excluding diaryl/α,β-unsaturated/α-hetero) is 2. The number of carbonyl (C=O) groups excluding carboxylic acids is 2. The maximum absolute atomic E-state index is 12.8. The van der Waals surface area contributed by atoms with Crippen molar-refractivity contribution < 1.29 is 14.3 Å². The van der Waals surface area contributed by atoms with Gasteiger partial charge in [0, 0.05) is 36.4 Å². The van der Waals surface area contributed by atoms with Gasteiger partial charge in [-0.05, 0) is 73.4 Å². The quantitative estimate of drug-likeness (QED) is 0.331. The summed E-state index contributed by atoms with van der Waals surface area (Å²) in [6, 6.07) is 16.0. The molecular formula is C29H23ClN2O3. The van der Waals surface area contributed by atoms with Crippen molar-refractivity contribution in [3.05, 3.63) is 99.9 Å². The lowest BCUT2D eigenvalue weighted by Crippen LogP contribution is -2.11. The summed E-state index contributed by atoms with van der Waals surface area (Å²) in [6.07, 6.45) is 6.35. The number of halogens is 1. The molecule has 0 fully saturated rings. The van der Waals surface area contributed by atoms with Crippen LogP contribution in [0.5, 0.6) is 11.5 Å². The normalized spacial score (nSPS) is 13.3. The van der Waals surface area contributed by atoms with Crippen molar-refractivity contribution >= 4 is 23.2 Å². The second-order valence-electron chi connectivity index (χ2n) is 8.45. The summed E-state index contributed by atoms with van der Waals surface area (Å²) in [4.78, 5) is 29.1. The van der Waals surface area contributed by atoms with Crippen molar-refractivity contribution in [2.75, 3.05) is 0 Å². The Balaban J connectivity index is 1.52. The molecule has 0 bridgehead atoms. The molecule has 0 radical (unpaired) electrons. The fourth-order valence-corrected chi connectivity index (χ4v) is 4.41. The van der Waals surface area contributed by atoms with Crippen molar-refractivity contribution in [3.63, 3.8) is 0 Å². The van der Waals surface area contributed by atoms with Crippen LogP contribution in [0.25, 0.3) is 11.1 Å². The lowest BCUT2D eigenvalue weighted by Gasteiger charge is -2.15. The molecule has 5 nitrogen and oxygen atoms in total. The number of benzene rings is 2. The molecule has 3 aromatic rings. The van der Waals surface area contributed by atoms with Crippen LogP contribution in [-0.2, 0) is 4.79 Å². The van der Waals surface area contributed by atoms with E-state index in [0.717, 1.165) is 22.3 Å². The molecule has 0 amide bonds. The van der Waals surface area contributed by atoms with Gasteiger partial charge in [0.1, 0.15) is 23.1 Å². The third-order valence-electron chi connectivity index (χ3n) is 5.92. The number of hydrogen-bond acceptors (Lipinski definition) is 5. The van der Waals surface area contributed by atoms with E-state index in [4.69, 9.17) is 16.3 Å². The molecule has 4 rings (SSSR count). The van der Waals surface area contributed by atoms with E-state index in [2.05, 4.69) is 11.1 Å². The Morgan fingerprint density at radius 2 is 1.89 bits per heavy atom. The number of ketones is 2. The Labute approximate surface area is 209 Å². The topological polar surface area (TPSA) is 80.0 Å². The lowest BCUT2D eigenvalue weighted by molar-refractivity contribution is -0.115. The number of pyridine rings is 1. The van der Waals surface area contributed by atoms with Crippen LogP contribution in [0.4, 0.5) is 0 Å². The smallest absolute Gasteiger partial charge is 0.163 e. The maximum atomic E-state index is 12.8. The molecule has 1 aliphatic rings. The van der Waals surface area contributed by atoms with E-state index >= 15 is 0 Å². The summed E-state index contributed by atoms with van der Waals surface area (Å²) in [5, 5.41) is 10.0. The van der Waals surface area contributed by atoms with Gasteiger partial charge in [0.05, 0.1) is 5.02 Å². The zero-order valence-electron chi connectivity index (χ0n) is 19.5. The average molecular weight is 483 g/mol. The molecule has 0 saturated carbocycles. The number of hydrogen-bond donors (Lipinski definition) is 0. The van der Waals surface area contributed by atoms with Crippen molar-refractivity contribution in [3.8, 4) is 28.7 Å². The number of ether oxygens (including phenoxy) is 1. The molecule has 0 spiro atoms. The van der Waals surface area contributed by atoms with Crippen LogP contribution in [0.3, 0.4) is 0 Å². The Hall–Kier alpha value is -4.01. The van der Waals surface area contributed by atoms with E-state index in [1.54, 1.807) is 42.7 Å². The number of rotatable bonds is 7. The highest BCUT2D eigenvalue weighted by atomic mass is 35.5. The first-order chi connectivity index (χ1) is 16.9. The number of allylic oxidation sites excluding steroid dienone is 4. The van der Waals surface area contributed by atoms with E-state index in [9.17, 15) is 14.9 Å². The van der Waals surface area contributed by atoms with Gasteiger partial charge in [-0.1, -0.05) is 35.4 Å². The van der Waals surface area contributed by atoms with Crippen molar-refractivity contribution in [1.82, 2.24) is 4.98 Å². The third kappa shape index (κ3) is 5.40. The fourth-order valence-electron chi connectivity index (χ4n) is 4.19. The van der Waals surface area contributed by atoms with Crippen LogP contribution in [0.2, 0.25) is 5.02 Å². The highest BCUT2D eigenvalue weighted by Gasteiger charge is 2.19. The van der Waals surface area contributed by atoms with Gasteiger partial charge >= 0.3 is 0 Å². The van der Waals surface area contributed by atoms with Gasteiger partial charge in [-0.25, -0.2) is 0 Å². The summed E-state index contributed by atoms with van der Waals surface area (Å²) < 4.78 is 5.98. The Morgan fingerprint density at radius 3 is 2.57 bits per heavy atom.